The van der Waals surface area contributed by atoms with E-state index in [0.29, 0.717) is 12.8 Å². The van der Waals surface area contributed by atoms with Crippen LogP contribution in [0, 0.1) is 17.8 Å². The van der Waals surface area contributed by atoms with E-state index in [0.717, 1.165) is 11.0 Å². The van der Waals surface area contributed by atoms with Crippen LogP contribution >= 0.6 is 7.82 Å². The van der Waals surface area contributed by atoms with E-state index in [1.165, 1.54) is 13.0 Å². The Bertz CT molecular complexity index is 2610. The normalized spacial score (nSPS) is 26.5. The van der Waals surface area contributed by atoms with E-state index in [1.54, 1.807) is 20.8 Å². The maximum atomic E-state index is 15.0. The molecule has 2 aromatic rings. The average molecular weight is 1080 g/mol. The number of H-pyrrole nitrogens is 1. The van der Waals surface area contributed by atoms with Gasteiger partial charge in [-0.05, 0) is 24.0 Å². The molecule has 0 spiro atoms. The summed E-state index contributed by atoms with van der Waals surface area (Å²) in [5, 5.41) is 46.0. The van der Waals surface area contributed by atoms with E-state index in [1.807, 2.05) is 0 Å². The molecule has 11 atom stereocenters. The Hall–Kier alpha value is -6.16. The molecular formula is C45H64N9O18PS. The molecular weight excluding hydrogens is 1020 g/mol. The van der Waals surface area contributed by atoms with Crippen LogP contribution in [0.1, 0.15) is 77.3 Å². The van der Waals surface area contributed by atoms with Gasteiger partial charge < -0.3 is 67.4 Å². The van der Waals surface area contributed by atoms with Gasteiger partial charge in [0.2, 0.25) is 47.3 Å². The van der Waals surface area contributed by atoms with Crippen molar-refractivity contribution in [2.75, 3.05) is 32.0 Å². The summed E-state index contributed by atoms with van der Waals surface area (Å²) in [4.78, 5) is 162. The molecule has 0 radical (unpaired) electrons. The molecule has 1 aromatic heterocycles. The second-order valence-corrected chi connectivity index (χ2v) is 21.4. The maximum Gasteiger partial charge on any atom is 0.524 e. The van der Waals surface area contributed by atoms with Gasteiger partial charge in [-0.1, -0.05) is 34.1 Å². The highest BCUT2D eigenvalue weighted by molar-refractivity contribution is 7.85. The monoisotopic (exact) mass is 1080 g/mol. The van der Waals surface area contributed by atoms with Crippen molar-refractivity contribution < 1.29 is 86.3 Å². The fraction of sp³-hybridized carbons (Fsp3) is 0.600. The number of aliphatic hydroxyl groups is 3. The molecule has 29 heteroatoms. The lowest BCUT2D eigenvalue weighted by molar-refractivity contribution is -0.145. The van der Waals surface area contributed by atoms with Crippen molar-refractivity contribution in [2.24, 2.45) is 23.5 Å². The number of carbonyl (C=O) groups excluding carboxylic acids is 10. The molecule has 3 aliphatic heterocycles. The minimum atomic E-state index is -5.33. The number of phosphoric ester groups is 1. The number of ketones is 2. The van der Waals surface area contributed by atoms with Crippen LogP contribution in [0.2, 0.25) is 0 Å². The van der Waals surface area contributed by atoms with Crippen LogP contribution in [0.3, 0.4) is 0 Å². The number of aliphatic hydroxyl groups excluding tert-OH is 3. The zero-order chi connectivity index (χ0) is 54.9. The maximum absolute atomic E-state index is 15.0. The molecule has 0 saturated carbocycles. The van der Waals surface area contributed by atoms with Gasteiger partial charge in [0.25, 0.3) is 0 Å². The predicted octanol–water partition coefficient (Wildman–Crippen LogP) is -4.15. The van der Waals surface area contributed by atoms with E-state index < -0.39 is 207 Å². The molecule has 8 amide bonds. The number of hydrogen-bond acceptors (Lipinski definition) is 16. The first kappa shape index (κ1) is 58.7. The van der Waals surface area contributed by atoms with Crippen LogP contribution in [0.25, 0.3) is 10.9 Å². The topological polar surface area (TPSA) is 432 Å². The van der Waals surface area contributed by atoms with Crippen molar-refractivity contribution in [1.29, 1.82) is 0 Å². The van der Waals surface area contributed by atoms with Crippen molar-refractivity contribution >= 4 is 88.3 Å². The molecule has 4 heterocycles. The number of phosphoric acid groups is 1. The lowest BCUT2D eigenvalue weighted by Gasteiger charge is -2.32. The fourth-order valence-corrected chi connectivity index (χ4v) is 10.8. The highest BCUT2D eigenvalue weighted by Crippen LogP contribution is 2.42. The number of Topliss-reactive ketones (excluding diaryl/α,β-unsaturated/α-hetero) is 2. The average Bonchev–Trinajstić information content (AvgIpc) is 3.89. The van der Waals surface area contributed by atoms with Crippen molar-refractivity contribution in [3.05, 3.63) is 23.3 Å². The highest BCUT2D eigenvalue weighted by Gasteiger charge is 2.45. The van der Waals surface area contributed by atoms with Gasteiger partial charge in [0.1, 0.15) is 40.7 Å². The molecule has 408 valence electrons. The van der Waals surface area contributed by atoms with Gasteiger partial charge in [0, 0.05) is 68.0 Å². The molecule has 1 saturated heterocycles. The molecule has 3 aliphatic rings. The highest BCUT2D eigenvalue weighted by atomic mass is 32.2. The second kappa shape index (κ2) is 25.4. The molecule has 5 rings (SSSR count). The number of carbonyl (C=O) groups is 10. The van der Waals surface area contributed by atoms with Crippen molar-refractivity contribution in [2.45, 2.75) is 127 Å². The first-order valence-corrected chi connectivity index (χ1v) is 26.8. The minimum Gasteiger partial charge on any atom is -0.404 e. The van der Waals surface area contributed by atoms with Crippen molar-refractivity contribution in [1.82, 2.24) is 41.8 Å². The number of primary amides is 1. The Labute approximate surface area is 426 Å². The number of nitrogens with zero attached hydrogens (tertiary/aromatic N) is 1. The summed E-state index contributed by atoms with van der Waals surface area (Å²) in [6.45, 7) is 3.16. The molecule has 0 aliphatic carbocycles. The molecule has 1 aromatic carbocycles. The molecule has 74 heavy (non-hydrogen) atoms. The Kier molecular flexibility index (Phi) is 20.1. The number of hydrogen-bond donors (Lipinski definition) is 13. The first-order valence-electron chi connectivity index (χ1n) is 23.9. The predicted molar refractivity (Wildman–Crippen MR) is 258 cm³/mol. The number of rotatable bonds is 13. The molecule has 2 bridgehead atoms. The van der Waals surface area contributed by atoms with Gasteiger partial charge >= 0.3 is 7.82 Å². The number of nitrogens with one attached hydrogen (secondary N) is 7. The summed E-state index contributed by atoms with van der Waals surface area (Å²) in [7, 11) is -7.89. The third kappa shape index (κ3) is 15.0. The summed E-state index contributed by atoms with van der Waals surface area (Å²) in [6.07, 6.45) is -5.70. The number of benzene rings is 1. The van der Waals surface area contributed by atoms with E-state index in [9.17, 15) is 77.6 Å². The number of aromatic amines is 1. The van der Waals surface area contributed by atoms with Gasteiger partial charge in [-0.3, -0.25) is 61.9 Å². The SMILES string of the molecule is CCCC(=O)Cc1cc2c3c([nH]c2cc1OP(=O)(O)O)S(=O)C[C@@H]1NC(=O)CNC(=O)[C@H]([C@@H](C)CC)NC(=O)CNC(=O)[C@@H](C3)NC(=O)[C@H](C(C)C(O)CO)NC(=O)[C@@H]2C[C@@H](O)CN2C(=O)[C@H](CC(N)=O)CC1=O. The molecule has 14 N–H and O–H groups in total. The fourth-order valence-electron chi connectivity index (χ4n) is 8.98. The summed E-state index contributed by atoms with van der Waals surface area (Å²) < 4.78 is 32.2. The molecule has 27 nitrogen and oxygen atoms in total. The van der Waals surface area contributed by atoms with E-state index in [-0.39, 0.29) is 33.5 Å². The Morgan fingerprint density at radius 3 is 2.18 bits per heavy atom. The van der Waals surface area contributed by atoms with Crippen LogP contribution in [0.15, 0.2) is 17.2 Å². The number of fused-ring (bicyclic) bond motifs is 5. The Balaban J connectivity index is 1.83. The standard InChI is InChI=1S/C45H64N9O18PS/c1-5-7-24(56)8-22-9-26-27-13-29-40(63)47-16-37(62)52-38(20(3)6-2)42(65)48-15-36(61)49-30(19-74(71)44(27)51-28(26)14-34(22)72-73(68,69)70)32(58)10-23(11-35(46)60)45(67)54-17-25(57)12-31(54)41(64)53-39(43(66)50-29)21(4)33(59)18-55/h9,14,20-21,23,25,29-31,33,38-39,51,55,57,59H,5-8,10-13,15-19H2,1-4H3,(H2,46,60)(H,47,63)(H,48,65)(H,49,61)(H,50,66)(H,52,62)(H,53,64)(H2,68,69,70)/t20-,21?,23-,25+,29+,30-,31-,33?,38-,39-,74?/m0/s1. The van der Waals surface area contributed by atoms with Gasteiger partial charge in [-0.2, -0.15) is 0 Å². The Morgan fingerprint density at radius 2 is 1.55 bits per heavy atom. The molecule has 1 fully saturated rings. The Morgan fingerprint density at radius 1 is 0.892 bits per heavy atom. The van der Waals surface area contributed by atoms with Gasteiger partial charge in [-0.15, -0.1) is 0 Å². The van der Waals surface area contributed by atoms with Crippen molar-refractivity contribution in [3.8, 4) is 5.75 Å². The zero-order valence-corrected chi connectivity index (χ0v) is 42.8. The lowest BCUT2D eigenvalue weighted by Crippen LogP contribution is -2.61. The second-order valence-electron chi connectivity index (χ2n) is 18.8. The van der Waals surface area contributed by atoms with Crippen LogP contribution in [0.4, 0.5) is 0 Å². The van der Waals surface area contributed by atoms with Crippen LogP contribution in [0.5, 0.6) is 5.75 Å². The van der Waals surface area contributed by atoms with Crippen LogP contribution < -0.4 is 42.2 Å². The zero-order valence-electron chi connectivity index (χ0n) is 41.0. The molecule has 3 unspecified atom stereocenters. The minimum absolute atomic E-state index is 0.0197. The van der Waals surface area contributed by atoms with Gasteiger partial charge in [0.15, 0.2) is 5.78 Å². The lowest BCUT2D eigenvalue weighted by atomic mass is 9.93. The van der Waals surface area contributed by atoms with Crippen LogP contribution in [-0.2, 0) is 76.2 Å². The van der Waals surface area contributed by atoms with E-state index in [2.05, 4.69) is 36.9 Å². The van der Waals surface area contributed by atoms with Crippen molar-refractivity contribution in [3.63, 3.8) is 0 Å². The number of amides is 8. The third-order valence-electron chi connectivity index (χ3n) is 13.2. The summed E-state index contributed by atoms with van der Waals surface area (Å²) in [5.74, 6) is -14.8. The number of aromatic nitrogens is 1. The summed E-state index contributed by atoms with van der Waals surface area (Å²) in [5.41, 5.74) is 5.26. The first-order chi connectivity index (χ1) is 34.7. The van der Waals surface area contributed by atoms with Gasteiger partial charge in [0.05, 0.1) is 65.9 Å². The largest absolute Gasteiger partial charge is 0.524 e. The third-order valence-corrected chi connectivity index (χ3v) is 15.0. The summed E-state index contributed by atoms with van der Waals surface area (Å²) >= 11 is 0. The van der Waals surface area contributed by atoms with Crippen LogP contribution in [-0.4, -0.2) is 172 Å². The quantitative estimate of drug-likeness (QED) is 0.0847. The summed E-state index contributed by atoms with van der Waals surface area (Å²) in [6, 6.07) is -6.15. The van der Waals surface area contributed by atoms with Gasteiger partial charge in [-0.25, -0.2) is 4.57 Å². The van der Waals surface area contributed by atoms with E-state index >= 15 is 4.21 Å². The smallest absolute Gasteiger partial charge is 0.404 e. The number of nitrogens with two attached hydrogens (primary N) is 1. The van der Waals surface area contributed by atoms with E-state index in [4.69, 9.17) is 10.3 Å².